The van der Waals surface area contributed by atoms with Gasteiger partial charge in [0, 0.05) is 0 Å². The lowest BCUT2D eigenvalue weighted by molar-refractivity contribution is -0.138. The first-order chi connectivity index (χ1) is 6.50. The highest BCUT2D eigenvalue weighted by atomic mass is 16.6. The zero-order chi connectivity index (χ0) is 10.7. The van der Waals surface area contributed by atoms with Crippen molar-refractivity contribution in [3.8, 4) is 11.5 Å². The van der Waals surface area contributed by atoms with Gasteiger partial charge in [-0.2, -0.15) is 0 Å². The summed E-state index contributed by atoms with van der Waals surface area (Å²) in [4.78, 5) is 10.4. The first kappa shape index (κ1) is 10.3. The van der Waals surface area contributed by atoms with Crippen LogP contribution in [0.4, 0.5) is 0 Å². The standard InChI is InChI=1S/C9H11NO4/c10-6(9(13)14)3-5-1-2-7(11)8(12)4-5/h1-2,4,6,11-12H,3,10H2,(H,13,14)/t6-/m0/s1/i9+2. The molecular formula is C9H11NO4. The van der Waals surface area contributed by atoms with E-state index in [-0.39, 0.29) is 17.9 Å². The molecule has 0 radical (unpaired) electrons. The average Bonchev–Trinajstić information content (AvgIpc) is 2.11. The van der Waals surface area contributed by atoms with E-state index < -0.39 is 12.0 Å². The molecule has 0 unspecified atom stereocenters. The summed E-state index contributed by atoms with van der Waals surface area (Å²) in [7, 11) is 0. The number of phenols is 2. The zero-order valence-electron chi connectivity index (χ0n) is 7.34. The van der Waals surface area contributed by atoms with E-state index in [4.69, 9.17) is 21.1 Å². The zero-order valence-corrected chi connectivity index (χ0v) is 7.34. The molecule has 0 heterocycles. The predicted octanol–water partition coefficient (Wildman–Crippen LogP) is 0.0522. The van der Waals surface area contributed by atoms with Crippen molar-refractivity contribution in [2.24, 2.45) is 5.73 Å². The van der Waals surface area contributed by atoms with E-state index in [9.17, 15) is 4.79 Å². The molecule has 0 saturated heterocycles. The maximum atomic E-state index is 10.4. The van der Waals surface area contributed by atoms with E-state index >= 15 is 0 Å². The normalized spacial score (nSPS) is 12.4. The molecule has 0 saturated carbocycles. The molecule has 0 aliphatic carbocycles. The van der Waals surface area contributed by atoms with Crippen LogP contribution in [0.25, 0.3) is 0 Å². The molecule has 0 bridgehead atoms. The third-order valence-corrected chi connectivity index (χ3v) is 1.81. The van der Waals surface area contributed by atoms with Crippen molar-refractivity contribution >= 4 is 5.97 Å². The number of rotatable bonds is 3. The second-order valence-corrected chi connectivity index (χ2v) is 2.97. The summed E-state index contributed by atoms with van der Waals surface area (Å²) < 4.78 is 0. The number of hydrogen-bond donors (Lipinski definition) is 4. The molecule has 1 rings (SSSR count). The Morgan fingerprint density at radius 2 is 2.00 bits per heavy atom. The molecule has 1 atom stereocenters. The number of nitrogens with two attached hydrogens (primary N) is 1. The predicted molar refractivity (Wildman–Crippen MR) is 49.1 cm³/mol. The molecule has 14 heavy (non-hydrogen) atoms. The van der Waals surface area contributed by atoms with Crippen molar-refractivity contribution in [2.45, 2.75) is 12.5 Å². The van der Waals surface area contributed by atoms with Gasteiger partial charge in [-0.25, -0.2) is 0 Å². The summed E-state index contributed by atoms with van der Waals surface area (Å²) in [5.41, 5.74) is 5.86. The lowest BCUT2D eigenvalue weighted by atomic mass is 10.1. The lowest BCUT2D eigenvalue weighted by Crippen LogP contribution is -2.32. The van der Waals surface area contributed by atoms with Crippen LogP contribution < -0.4 is 5.73 Å². The molecule has 5 nitrogen and oxygen atoms in total. The monoisotopic (exact) mass is 199 g/mol. The largest absolute Gasteiger partial charge is 0.504 e. The van der Waals surface area contributed by atoms with Gasteiger partial charge in [0.2, 0.25) is 0 Å². The van der Waals surface area contributed by atoms with Crippen LogP contribution in [0.15, 0.2) is 18.2 Å². The van der Waals surface area contributed by atoms with Crippen LogP contribution in [-0.2, 0) is 11.2 Å². The highest BCUT2D eigenvalue weighted by molar-refractivity contribution is 5.73. The Morgan fingerprint density at radius 3 is 2.50 bits per heavy atom. The van der Waals surface area contributed by atoms with Crippen LogP contribution in [0, 0.1) is 0 Å². The van der Waals surface area contributed by atoms with Gasteiger partial charge in [0.05, 0.1) is 0 Å². The second-order valence-electron chi connectivity index (χ2n) is 2.97. The summed E-state index contributed by atoms with van der Waals surface area (Å²) in [5, 5.41) is 26.6. The summed E-state index contributed by atoms with van der Waals surface area (Å²) in [5.74, 6) is -1.62. The van der Waals surface area contributed by atoms with Crippen molar-refractivity contribution in [3.05, 3.63) is 23.8 Å². The minimum Gasteiger partial charge on any atom is -0.504 e. The van der Waals surface area contributed by atoms with Crippen molar-refractivity contribution in [1.29, 1.82) is 0 Å². The van der Waals surface area contributed by atoms with E-state index in [0.29, 0.717) is 5.56 Å². The van der Waals surface area contributed by atoms with Crippen LogP contribution in [0.3, 0.4) is 0 Å². The molecule has 76 valence electrons. The molecule has 0 amide bonds. The average molecular weight is 199 g/mol. The van der Waals surface area contributed by atoms with Crippen LogP contribution >= 0.6 is 0 Å². The van der Waals surface area contributed by atoms with Crippen LogP contribution in [0.5, 0.6) is 11.5 Å². The summed E-state index contributed by atoms with van der Waals surface area (Å²) in [6.07, 6.45) is 0.114. The lowest BCUT2D eigenvalue weighted by Gasteiger charge is -2.06. The molecule has 1 aromatic rings. The van der Waals surface area contributed by atoms with Crippen LogP contribution in [0.2, 0.25) is 0 Å². The molecule has 0 aliphatic rings. The van der Waals surface area contributed by atoms with Gasteiger partial charge in [-0.3, -0.25) is 4.79 Å². The number of carbonyl (C=O) groups is 1. The fourth-order valence-electron chi connectivity index (χ4n) is 1.04. The highest BCUT2D eigenvalue weighted by Crippen LogP contribution is 2.25. The van der Waals surface area contributed by atoms with Gasteiger partial charge in [-0.05, 0) is 24.1 Å². The summed E-state index contributed by atoms with van der Waals surface area (Å²) >= 11 is 0. The number of hydrogen-bond acceptors (Lipinski definition) is 4. The maximum absolute atomic E-state index is 10.4. The van der Waals surface area contributed by atoms with Crippen molar-refractivity contribution in [1.82, 2.24) is 0 Å². The van der Waals surface area contributed by atoms with Gasteiger partial charge >= 0.3 is 5.97 Å². The fourth-order valence-corrected chi connectivity index (χ4v) is 1.04. The molecule has 0 spiro atoms. The first-order valence-electron chi connectivity index (χ1n) is 4.00. The van der Waals surface area contributed by atoms with Gasteiger partial charge in [0.25, 0.3) is 0 Å². The van der Waals surface area contributed by atoms with Crippen molar-refractivity contribution in [2.75, 3.05) is 0 Å². The van der Waals surface area contributed by atoms with Crippen molar-refractivity contribution < 1.29 is 20.1 Å². The number of aliphatic carboxylic acids is 1. The third-order valence-electron chi connectivity index (χ3n) is 1.81. The Hall–Kier alpha value is -1.75. The van der Waals surface area contributed by atoms with E-state index in [2.05, 4.69) is 0 Å². The number of carboxylic acids is 1. The number of benzene rings is 1. The smallest absolute Gasteiger partial charge is 0.320 e. The van der Waals surface area contributed by atoms with E-state index in [1.54, 1.807) is 0 Å². The van der Waals surface area contributed by atoms with Gasteiger partial charge in [0.1, 0.15) is 6.04 Å². The highest BCUT2D eigenvalue weighted by Gasteiger charge is 2.12. The molecule has 0 aromatic heterocycles. The number of carboxylic acid groups (broad SMARTS) is 1. The molecule has 0 fully saturated rings. The van der Waals surface area contributed by atoms with Gasteiger partial charge in [-0.1, -0.05) is 6.07 Å². The Kier molecular flexibility index (Phi) is 2.93. The SMILES string of the molecule is N[C@@H](Cc1ccc(O)c(O)c1)[14C](=O)O. The first-order valence-corrected chi connectivity index (χ1v) is 4.00. The van der Waals surface area contributed by atoms with Crippen LogP contribution in [-0.4, -0.2) is 27.3 Å². The minimum atomic E-state index is -1.10. The van der Waals surface area contributed by atoms with Gasteiger partial charge < -0.3 is 21.1 Å². The summed E-state index contributed by atoms with van der Waals surface area (Å²) in [6, 6.07) is 3.09. The number of phenolic OH excluding ortho intramolecular Hbond substituents is 2. The maximum Gasteiger partial charge on any atom is 0.320 e. The van der Waals surface area contributed by atoms with Gasteiger partial charge in [0.15, 0.2) is 11.5 Å². The van der Waals surface area contributed by atoms with E-state index in [1.165, 1.54) is 18.2 Å². The quantitative estimate of drug-likeness (QED) is 0.515. The molecular weight excluding hydrogens is 188 g/mol. The van der Waals surface area contributed by atoms with Gasteiger partial charge in [-0.15, -0.1) is 0 Å². The Balaban J connectivity index is 2.78. The Bertz CT molecular complexity index is 351. The molecule has 5 heteroatoms. The Labute approximate surface area is 80.4 Å². The minimum absolute atomic E-state index is 0.114. The van der Waals surface area contributed by atoms with Crippen LogP contribution in [0.1, 0.15) is 5.56 Å². The fraction of sp³-hybridized carbons (Fsp3) is 0.222. The summed E-state index contributed by atoms with van der Waals surface area (Å²) in [6.45, 7) is 0. The number of aromatic hydroxyl groups is 2. The molecule has 1 aromatic carbocycles. The molecule has 5 N–H and O–H groups in total. The third kappa shape index (κ3) is 2.37. The topological polar surface area (TPSA) is 104 Å². The van der Waals surface area contributed by atoms with E-state index in [1.807, 2.05) is 0 Å². The second kappa shape index (κ2) is 3.97. The Morgan fingerprint density at radius 1 is 1.36 bits per heavy atom. The molecule has 0 aliphatic heterocycles. The van der Waals surface area contributed by atoms with Crippen molar-refractivity contribution in [3.63, 3.8) is 0 Å². The van der Waals surface area contributed by atoms with E-state index in [0.717, 1.165) is 0 Å².